The number of amides is 1. The van der Waals surface area contributed by atoms with Gasteiger partial charge in [-0.25, -0.2) is 5.43 Å². The second-order valence-corrected chi connectivity index (χ2v) is 7.34. The minimum absolute atomic E-state index is 0.233. The molecule has 0 saturated carbocycles. The Balaban J connectivity index is 1.43. The van der Waals surface area contributed by atoms with Gasteiger partial charge in [0.1, 0.15) is 18.1 Å². The molecule has 0 fully saturated rings. The largest absolute Gasteiger partial charge is 0.489 e. The van der Waals surface area contributed by atoms with Crippen LogP contribution in [0.15, 0.2) is 71.8 Å². The van der Waals surface area contributed by atoms with Gasteiger partial charge >= 0.3 is 0 Å². The molecule has 0 spiro atoms. The lowest BCUT2D eigenvalue weighted by atomic mass is 10.2. The maximum atomic E-state index is 11.9. The fourth-order valence-electron chi connectivity index (χ4n) is 2.44. The number of hydrogen-bond acceptors (Lipinski definition) is 4. The molecular formula is C23H20Cl2N2O3. The highest BCUT2D eigenvalue weighted by Gasteiger charge is 2.06. The number of carbonyl (C=O) groups excluding carboxylic acids is 1. The number of hydrogen-bond donors (Lipinski definition) is 1. The van der Waals surface area contributed by atoms with E-state index >= 15 is 0 Å². The molecule has 0 saturated heterocycles. The fraction of sp³-hybridized carbons (Fsp3) is 0.130. The summed E-state index contributed by atoms with van der Waals surface area (Å²) in [5.74, 6) is 0.674. The van der Waals surface area contributed by atoms with Crippen LogP contribution in [0.5, 0.6) is 11.5 Å². The number of benzene rings is 3. The number of halogens is 2. The molecule has 0 unspecified atom stereocenters. The molecule has 0 heterocycles. The molecule has 0 radical (unpaired) electrons. The molecule has 0 aliphatic heterocycles. The van der Waals surface area contributed by atoms with Crippen molar-refractivity contribution in [3.63, 3.8) is 0 Å². The molecule has 0 aromatic heterocycles. The third kappa shape index (κ3) is 6.79. The summed E-state index contributed by atoms with van der Waals surface area (Å²) in [5.41, 5.74) is 5.54. The summed E-state index contributed by atoms with van der Waals surface area (Å²) in [4.78, 5) is 11.9. The number of aryl methyl sites for hydroxylation is 1. The Morgan fingerprint density at radius 1 is 1.00 bits per heavy atom. The summed E-state index contributed by atoms with van der Waals surface area (Å²) in [6.07, 6.45) is 1.54. The Bertz CT molecular complexity index is 1020. The molecule has 0 atom stereocenters. The molecule has 1 N–H and O–H groups in total. The SMILES string of the molecule is Cc1ccc(COc2ccc(/C=N/NC(=O)COc3cc(Cl)ccc3Cl)cc2)cc1. The summed E-state index contributed by atoms with van der Waals surface area (Å²) < 4.78 is 11.1. The van der Waals surface area contributed by atoms with Crippen LogP contribution in [0, 0.1) is 6.92 Å². The lowest BCUT2D eigenvalue weighted by Crippen LogP contribution is -2.24. The van der Waals surface area contributed by atoms with E-state index < -0.39 is 5.91 Å². The van der Waals surface area contributed by atoms with Gasteiger partial charge in [0.2, 0.25) is 0 Å². The maximum Gasteiger partial charge on any atom is 0.277 e. The number of hydrazone groups is 1. The molecule has 5 nitrogen and oxygen atoms in total. The van der Waals surface area contributed by atoms with Gasteiger partial charge in [-0.1, -0.05) is 53.0 Å². The third-order valence-corrected chi connectivity index (χ3v) is 4.61. The van der Waals surface area contributed by atoms with E-state index in [1.54, 1.807) is 18.2 Å². The van der Waals surface area contributed by atoms with Gasteiger partial charge in [-0.15, -0.1) is 0 Å². The standard InChI is InChI=1S/C23H20Cl2N2O3/c1-16-2-4-18(5-3-16)14-29-20-9-6-17(7-10-20)13-26-27-23(28)15-30-22-12-19(24)8-11-21(22)25/h2-13H,14-15H2,1H3,(H,27,28)/b26-13+. The summed E-state index contributed by atoms with van der Waals surface area (Å²) >= 11 is 11.9. The van der Waals surface area contributed by atoms with Crippen LogP contribution >= 0.6 is 23.2 Å². The fourth-order valence-corrected chi connectivity index (χ4v) is 2.78. The molecule has 154 valence electrons. The lowest BCUT2D eigenvalue weighted by Gasteiger charge is -2.07. The Labute approximate surface area is 185 Å². The zero-order valence-corrected chi connectivity index (χ0v) is 17.8. The van der Waals surface area contributed by atoms with Crippen LogP contribution in [0.1, 0.15) is 16.7 Å². The second-order valence-electron chi connectivity index (χ2n) is 6.50. The van der Waals surface area contributed by atoms with Gasteiger partial charge in [0, 0.05) is 11.1 Å². The smallest absolute Gasteiger partial charge is 0.277 e. The topological polar surface area (TPSA) is 59.9 Å². The highest BCUT2D eigenvalue weighted by atomic mass is 35.5. The normalized spacial score (nSPS) is 10.8. The van der Waals surface area contributed by atoms with E-state index in [9.17, 15) is 4.79 Å². The van der Waals surface area contributed by atoms with Gasteiger partial charge in [-0.3, -0.25) is 4.79 Å². The zero-order valence-electron chi connectivity index (χ0n) is 16.3. The van der Waals surface area contributed by atoms with E-state index in [0.29, 0.717) is 22.4 Å². The van der Waals surface area contributed by atoms with Crippen molar-refractivity contribution in [3.8, 4) is 11.5 Å². The van der Waals surface area contributed by atoms with Crippen molar-refractivity contribution in [2.24, 2.45) is 5.10 Å². The minimum Gasteiger partial charge on any atom is -0.489 e. The molecule has 1 amide bonds. The van der Waals surface area contributed by atoms with Crippen LogP contribution in [0.25, 0.3) is 0 Å². The van der Waals surface area contributed by atoms with Crippen LogP contribution in [-0.2, 0) is 11.4 Å². The molecule has 3 rings (SSSR count). The van der Waals surface area contributed by atoms with E-state index in [1.807, 2.05) is 36.4 Å². The second kappa shape index (κ2) is 10.7. The van der Waals surface area contributed by atoms with Gasteiger partial charge in [-0.2, -0.15) is 5.10 Å². The van der Waals surface area contributed by atoms with Crippen molar-refractivity contribution in [3.05, 3.63) is 93.5 Å². The molecular weight excluding hydrogens is 423 g/mol. The van der Waals surface area contributed by atoms with Crippen LogP contribution in [-0.4, -0.2) is 18.7 Å². The van der Waals surface area contributed by atoms with Gasteiger partial charge in [0.05, 0.1) is 11.2 Å². The van der Waals surface area contributed by atoms with Crippen LogP contribution in [0.2, 0.25) is 10.0 Å². The molecule has 0 bridgehead atoms. The number of rotatable bonds is 8. The van der Waals surface area contributed by atoms with E-state index in [0.717, 1.165) is 16.9 Å². The number of ether oxygens (including phenoxy) is 2. The Morgan fingerprint density at radius 2 is 1.73 bits per heavy atom. The highest BCUT2D eigenvalue weighted by molar-refractivity contribution is 6.34. The van der Waals surface area contributed by atoms with E-state index in [-0.39, 0.29) is 6.61 Å². The van der Waals surface area contributed by atoms with E-state index in [4.69, 9.17) is 32.7 Å². The summed E-state index contributed by atoms with van der Waals surface area (Å²) in [6.45, 7) is 2.32. The van der Waals surface area contributed by atoms with Crippen molar-refractivity contribution < 1.29 is 14.3 Å². The summed E-state index contributed by atoms with van der Waals surface area (Å²) in [7, 11) is 0. The number of nitrogens with zero attached hydrogens (tertiary/aromatic N) is 1. The van der Waals surface area contributed by atoms with Crippen LogP contribution in [0.4, 0.5) is 0 Å². The minimum atomic E-state index is -0.416. The molecule has 3 aromatic carbocycles. The number of carbonyl (C=O) groups is 1. The number of nitrogens with one attached hydrogen (secondary N) is 1. The van der Waals surface area contributed by atoms with Crippen LogP contribution in [0.3, 0.4) is 0 Å². The van der Waals surface area contributed by atoms with Gasteiger partial charge in [0.25, 0.3) is 5.91 Å². The van der Waals surface area contributed by atoms with Crippen molar-refractivity contribution >= 4 is 35.3 Å². The third-order valence-electron chi connectivity index (χ3n) is 4.06. The average Bonchev–Trinajstić information content (AvgIpc) is 2.75. The first-order valence-corrected chi connectivity index (χ1v) is 9.93. The van der Waals surface area contributed by atoms with Crippen molar-refractivity contribution in [1.82, 2.24) is 5.43 Å². The first-order valence-electron chi connectivity index (χ1n) is 9.18. The Hall–Kier alpha value is -3.02. The molecule has 30 heavy (non-hydrogen) atoms. The monoisotopic (exact) mass is 442 g/mol. The first-order chi connectivity index (χ1) is 14.5. The van der Waals surface area contributed by atoms with E-state index in [2.05, 4.69) is 29.6 Å². The molecule has 3 aromatic rings. The van der Waals surface area contributed by atoms with Crippen LogP contribution < -0.4 is 14.9 Å². The summed E-state index contributed by atoms with van der Waals surface area (Å²) in [6, 6.07) is 20.4. The van der Waals surface area contributed by atoms with Gasteiger partial charge in [-0.05, 0) is 54.4 Å². The molecule has 0 aliphatic rings. The predicted octanol–water partition coefficient (Wildman–Crippen LogP) is 5.41. The van der Waals surface area contributed by atoms with E-state index in [1.165, 1.54) is 11.8 Å². The van der Waals surface area contributed by atoms with Gasteiger partial charge in [0.15, 0.2) is 6.61 Å². The van der Waals surface area contributed by atoms with Crippen molar-refractivity contribution in [1.29, 1.82) is 0 Å². The quantitative estimate of drug-likeness (QED) is 0.374. The molecule has 0 aliphatic carbocycles. The van der Waals surface area contributed by atoms with Crippen molar-refractivity contribution in [2.75, 3.05) is 6.61 Å². The average molecular weight is 443 g/mol. The lowest BCUT2D eigenvalue weighted by molar-refractivity contribution is -0.123. The predicted molar refractivity (Wildman–Crippen MR) is 120 cm³/mol. The van der Waals surface area contributed by atoms with Gasteiger partial charge < -0.3 is 9.47 Å². The Kier molecular flexibility index (Phi) is 7.71. The van der Waals surface area contributed by atoms with Crippen molar-refractivity contribution in [2.45, 2.75) is 13.5 Å². The highest BCUT2D eigenvalue weighted by Crippen LogP contribution is 2.27. The summed E-state index contributed by atoms with van der Waals surface area (Å²) in [5, 5.41) is 4.77. The molecule has 7 heteroatoms. The zero-order chi connectivity index (χ0) is 21.3. The maximum absolute atomic E-state index is 11.9. The Morgan fingerprint density at radius 3 is 2.47 bits per heavy atom. The first kappa shape index (κ1) is 21.7.